The van der Waals surface area contributed by atoms with Crippen LogP contribution in [0, 0.1) is 0 Å². The van der Waals surface area contributed by atoms with Gasteiger partial charge in [0.1, 0.15) is 0 Å². The number of carbonyl (C=O) groups is 1. The van der Waals surface area contributed by atoms with Crippen LogP contribution in [-0.2, 0) is 29.7 Å². The van der Waals surface area contributed by atoms with Gasteiger partial charge in [0.25, 0.3) is 0 Å². The van der Waals surface area contributed by atoms with Crippen LogP contribution < -0.4 is 0 Å². The van der Waals surface area contributed by atoms with Gasteiger partial charge in [-0.3, -0.25) is 9.36 Å². The molecule has 0 saturated carbocycles. The van der Waals surface area contributed by atoms with E-state index in [1.54, 1.807) is 0 Å². The van der Waals surface area contributed by atoms with Gasteiger partial charge >= 0.3 is 0 Å². The number of aromatic nitrogens is 4. The van der Waals surface area contributed by atoms with Crippen molar-refractivity contribution in [1.82, 2.24) is 24.6 Å². The Labute approximate surface area is 210 Å². The Morgan fingerprint density at radius 2 is 1.91 bits per heavy atom. The topological polar surface area (TPSA) is 66.8 Å². The first-order chi connectivity index (χ1) is 16.8. The molecule has 2 aromatic heterocycles. The number of H-pyrrole nitrogens is 1. The predicted molar refractivity (Wildman–Crippen MR) is 142 cm³/mol. The van der Waals surface area contributed by atoms with E-state index < -0.39 is 0 Å². The molecule has 0 atom stereocenters. The van der Waals surface area contributed by atoms with Crippen LogP contribution in [0.1, 0.15) is 37.6 Å². The van der Waals surface area contributed by atoms with E-state index in [9.17, 15) is 4.79 Å². The Balaban J connectivity index is 1.30. The third-order valence-electron chi connectivity index (χ3n) is 6.60. The molecule has 35 heavy (non-hydrogen) atoms. The third kappa shape index (κ3) is 4.65. The minimum Gasteiger partial charge on any atom is -0.358 e. The fourth-order valence-corrected chi connectivity index (χ4v) is 5.47. The summed E-state index contributed by atoms with van der Waals surface area (Å²) in [5.41, 5.74) is 6.00. The van der Waals surface area contributed by atoms with Crippen molar-refractivity contribution >= 4 is 28.6 Å². The number of rotatable bonds is 6. The normalized spacial score (nSPS) is 13.7. The van der Waals surface area contributed by atoms with E-state index in [1.165, 1.54) is 34.0 Å². The number of thioether (sulfide) groups is 1. The zero-order chi connectivity index (χ0) is 24.6. The quantitative estimate of drug-likeness (QED) is 0.286. The third-order valence-corrected chi connectivity index (χ3v) is 7.55. The van der Waals surface area contributed by atoms with Gasteiger partial charge in [-0.25, -0.2) is 0 Å². The minimum absolute atomic E-state index is 0.0938. The molecule has 0 unspecified atom stereocenters. The van der Waals surface area contributed by atoms with Crippen molar-refractivity contribution in [3.05, 3.63) is 78.0 Å². The van der Waals surface area contributed by atoms with Crippen molar-refractivity contribution in [3.8, 4) is 11.4 Å². The van der Waals surface area contributed by atoms with E-state index >= 15 is 0 Å². The highest BCUT2D eigenvalue weighted by Gasteiger charge is 2.25. The molecule has 3 heterocycles. The lowest BCUT2D eigenvalue weighted by atomic mass is 9.87. The molecule has 0 bridgehead atoms. The van der Waals surface area contributed by atoms with Crippen LogP contribution in [0.3, 0.4) is 0 Å². The van der Waals surface area contributed by atoms with Crippen molar-refractivity contribution in [2.24, 2.45) is 0 Å². The maximum Gasteiger partial charge on any atom is 0.233 e. The highest BCUT2D eigenvalue weighted by Crippen LogP contribution is 2.30. The van der Waals surface area contributed by atoms with E-state index in [4.69, 9.17) is 0 Å². The number of allylic oxidation sites excluding steroid dienone is 1. The number of nitrogens with zero attached hydrogens (tertiary/aromatic N) is 4. The van der Waals surface area contributed by atoms with Crippen LogP contribution in [0.15, 0.2) is 66.3 Å². The summed E-state index contributed by atoms with van der Waals surface area (Å²) in [5, 5.41) is 10.8. The monoisotopic (exact) mass is 485 g/mol. The zero-order valence-corrected chi connectivity index (χ0v) is 21.4. The summed E-state index contributed by atoms with van der Waals surface area (Å²) in [6.45, 7) is 12.5. The Morgan fingerprint density at radius 3 is 2.66 bits per heavy atom. The summed E-state index contributed by atoms with van der Waals surface area (Å²) in [6.07, 6.45) is 2.69. The summed E-state index contributed by atoms with van der Waals surface area (Å²) < 4.78 is 2.03. The van der Waals surface area contributed by atoms with Crippen LogP contribution >= 0.6 is 11.8 Å². The maximum atomic E-state index is 13.1. The number of aromatic amines is 1. The van der Waals surface area contributed by atoms with E-state index in [2.05, 4.69) is 78.9 Å². The second-order valence-corrected chi connectivity index (χ2v) is 11.0. The van der Waals surface area contributed by atoms with Gasteiger partial charge in [-0.1, -0.05) is 81.1 Å². The van der Waals surface area contributed by atoms with Crippen molar-refractivity contribution in [2.45, 2.75) is 50.9 Å². The minimum atomic E-state index is 0.0938. The molecule has 1 N–H and O–H groups in total. The zero-order valence-electron chi connectivity index (χ0n) is 20.5. The molecule has 4 aromatic rings. The van der Waals surface area contributed by atoms with E-state index in [-0.39, 0.29) is 11.3 Å². The van der Waals surface area contributed by atoms with Gasteiger partial charge in [0.15, 0.2) is 11.0 Å². The van der Waals surface area contributed by atoms with Gasteiger partial charge in [-0.05, 0) is 17.0 Å². The molecule has 0 radical (unpaired) electrons. The van der Waals surface area contributed by atoms with Crippen LogP contribution in [0.5, 0.6) is 0 Å². The lowest BCUT2D eigenvalue weighted by Crippen LogP contribution is -2.36. The number of carbonyl (C=O) groups excluding carboxylic acids is 1. The average molecular weight is 486 g/mol. The van der Waals surface area contributed by atoms with Crippen LogP contribution in [0.25, 0.3) is 22.3 Å². The lowest BCUT2D eigenvalue weighted by molar-refractivity contribution is -0.129. The Hall–Kier alpha value is -3.32. The Bertz CT molecular complexity index is 1380. The molecule has 0 spiro atoms. The van der Waals surface area contributed by atoms with Crippen LogP contribution in [0.2, 0.25) is 0 Å². The Morgan fingerprint density at radius 1 is 1.14 bits per heavy atom. The first kappa shape index (κ1) is 23.4. The fourth-order valence-electron chi connectivity index (χ4n) is 4.62. The molecule has 2 aromatic carbocycles. The predicted octanol–water partition coefficient (Wildman–Crippen LogP) is 5.59. The second kappa shape index (κ2) is 9.38. The number of benzene rings is 2. The molecule has 1 aliphatic rings. The van der Waals surface area contributed by atoms with Gasteiger partial charge in [-0.2, -0.15) is 0 Å². The molecule has 0 fully saturated rings. The van der Waals surface area contributed by atoms with Gasteiger partial charge in [0.2, 0.25) is 5.91 Å². The van der Waals surface area contributed by atoms with E-state index in [1.807, 2.05) is 27.7 Å². The smallest absolute Gasteiger partial charge is 0.233 e. The van der Waals surface area contributed by atoms with Crippen molar-refractivity contribution in [1.29, 1.82) is 0 Å². The number of para-hydroxylation sites is 1. The molecular formula is C28H31N5OS. The van der Waals surface area contributed by atoms with E-state index in [0.717, 1.165) is 35.0 Å². The molecule has 6 nitrogen and oxygen atoms in total. The fraction of sp³-hybridized carbons (Fsp3) is 0.321. The second-order valence-electron chi connectivity index (χ2n) is 10.0. The highest BCUT2D eigenvalue weighted by molar-refractivity contribution is 7.99. The molecule has 180 valence electrons. The first-order valence-electron chi connectivity index (χ1n) is 12.0. The summed E-state index contributed by atoms with van der Waals surface area (Å²) in [5.74, 6) is 1.24. The molecule has 7 heteroatoms. The van der Waals surface area contributed by atoms with E-state index in [0.29, 0.717) is 18.8 Å². The molecule has 0 aliphatic carbocycles. The maximum absolute atomic E-state index is 13.1. The summed E-state index contributed by atoms with van der Waals surface area (Å²) in [7, 11) is 0. The van der Waals surface area contributed by atoms with Gasteiger partial charge < -0.3 is 9.88 Å². The average Bonchev–Trinajstić information content (AvgIpc) is 3.43. The van der Waals surface area contributed by atoms with Crippen molar-refractivity contribution < 1.29 is 4.79 Å². The molecule has 1 aliphatic heterocycles. The van der Waals surface area contributed by atoms with Crippen LogP contribution in [-0.4, -0.2) is 42.9 Å². The molecule has 0 saturated heterocycles. The number of amides is 1. The van der Waals surface area contributed by atoms with Crippen molar-refractivity contribution in [2.75, 3.05) is 12.3 Å². The summed E-state index contributed by atoms with van der Waals surface area (Å²) in [6, 6.07) is 16.8. The number of nitrogens with one attached hydrogen (secondary N) is 1. The van der Waals surface area contributed by atoms with Gasteiger partial charge in [0, 0.05) is 53.8 Å². The standard InChI is InChI=1S/C28H31N5OS/c1-5-15-33-26(19-10-12-20(13-11-19)28(2,3)4)30-31-27(33)35-18-25(34)32-16-14-24-22(17-32)21-8-6-7-9-23(21)29-24/h5-13,29H,1,14-18H2,2-4H3. The largest absolute Gasteiger partial charge is 0.358 e. The van der Waals surface area contributed by atoms with Crippen LogP contribution in [0.4, 0.5) is 0 Å². The van der Waals surface area contributed by atoms with Gasteiger partial charge in [0.05, 0.1) is 5.75 Å². The first-order valence-corrected chi connectivity index (χ1v) is 13.0. The SMILES string of the molecule is C=CCn1c(SCC(=O)N2CCc3[nH]c4ccccc4c3C2)nnc1-c1ccc(C(C)(C)C)cc1. The highest BCUT2D eigenvalue weighted by atomic mass is 32.2. The summed E-state index contributed by atoms with van der Waals surface area (Å²) in [4.78, 5) is 18.6. The molecular weight excluding hydrogens is 454 g/mol. The molecule has 1 amide bonds. The Kier molecular flexibility index (Phi) is 6.28. The van der Waals surface area contributed by atoms with Crippen molar-refractivity contribution in [3.63, 3.8) is 0 Å². The summed E-state index contributed by atoms with van der Waals surface area (Å²) >= 11 is 1.44. The lowest BCUT2D eigenvalue weighted by Gasteiger charge is -2.27. The molecule has 5 rings (SSSR count). The van der Waals surface area contributed by atoms with Gasteiger partial charge in [-0.15, -0.1) is 16.8 Å². The number of hydrogen-bond acceptors (Lipinski definition) is 4. The number of fused-ring (bicyclic) bond motifs is 3. The number of hydrogen-bond donors (Lipinski definition) is 1.